The lowest BCUT2D eigenvalue weighted by Crippen LogP contribution is -2.44. The van der Waals surface area contributed by atoms with Crippen molar-refractivity contribution in [2.45, 2.75) is 18.6 Å². The minimum absolute atomic E-state index is 0.393. The third-order valence-corrected chi connectivity index (χ3v) is 3.54. The van der Waals surface area contributed by atoms with Gasteiger partial charge in [0.05, 0.1) is 6.61 Å². The standard InChI is InChI=1S/C11H19NOS/c1-4-7-13-8-5-12-6-9-14-11(2,3)10-12/h1H,5-10H2,2-3H3. The van der Waals surface area contributed by atoms with Crippen LogP contribution in [0.15, 0.2) is 0 Å². The fourth-order valence-electron chi connectivity index (χ4n) is 1.63. The zero-order chi connectivity index (χ0) is 10.4. The van der Waals surface area contributed by atoms with Gasteiger partial charge in [-0.3, -0.25) is 4.90 Å². The maximum atomic E-state index is 5.27. The molecule has 1 saturated heterocycles. The van der Waals surface area contributed by atoms with E-state index in [1.54, 1.807) is 0 Å². The normalized spacial score (nSPS) is 21.8. The van der Waals surface area contributed by atoms with E-state index in [-0.39, 0.29) is 0 Å². The Labute approximate surface area is 91.4 Å². The fraction of sp³-hybridized carbons (Fsp3) is 0.818. The molecule has 0 saturated carbocycles. The average molecular weight is 213 g/mol. The number of thioether (sulfide) groups is 1. The molecule has 14 heavy (non-hydrogen) atoms. The first kappa shape index (κ1) is 11.9. The van der Waals surface area contributed by atoms with Crippen molar-refractivity contribution >= 4 is 11.8 Å². The van der Waals surface area contributed by atoms with Gasteiger partial charge in [0.1, 0.15) is 6.61 Å². The van der Waals surface area contributed by atoms with Gasteiger partial charge in [0.25, 0.3) is 0 Å². The summed E-state index contributed by atoms with van der Waals surface area (Å²) in [7, 11) is 0. The molecular formula is C11H19NOS. The summed E-state index contributed by atoms with van der Waals surface area (Å²) in [5.74, 6) is 3.70. The lowest BCUT2D eigenvalue weighted by Gasteiger charge is -2.37. The summed E-state index contributed by atoms with van der Waals surface area (Å²) >= 11 is 2.05. The highest BCUT2D eigenvalue weighted by atomic mass is 32.2. The zero-order valence-corrected chi connectivity index (χ0v) is 9.90. The molecular weight excluding hydrogens is 194 g/mol. The summed E-state index contributed by atoms with van der Waals surface area (Å²) in [4.78, 5) is 2.45. The lowest BCUT2D eigenvalue weighted by molar-refractivity contribution is 0.125. The van der Waals surface area contributed by atoms with Gasteiger partial charge in [-0.25, -0.2) is 0 Å². The monoisotopic (exact) mass is 213 g/mol. The molecule has 0 unspecified atom stereocenters. The first-order valence-electron chi connectivity index (χ1n) is 5.01. The van der Waals surface area contributed by atoms with Crippen LogP contribution in [0.2, 0.25) is 0 Å². The minimum atomic E-state index is 0.393. The third kappa shape index (κ3) is 4.36. The van der Waals surface area contributed by atoms with Gasteiger partial charge in [-0.05, 0) is 13.8 Å². The number of terminal acetylenes is 1. The molecule has 80 valence electrons. The van der Waals surface area contributed by atoms with Gasteiger partial charge >= 0.3 is 0 Å². The van der Waals surface area contributed by atoms with Gasteiger partial charge in [-0.1, -0.05) is 5.92 Å². The van der Waals surface area contributed by atoms with Crippen molar-refractivity contribution in [3.63, 3.8) is 0 Å². The second-order valence-corrected chi connectivity index (χ2v) is 5.94. The van der Waals surface area contributed by atoms with E-state index in [4.69, 9.17) is 11.2 Å². The molecule has 0 atom stereocenters. The van der Waals surface area contributed by atoms with E-state index in [0.29, 0.717) is 11.4 Å². The first-order chi connectivity index (χ1) is 6.64. The third-order valence-electron chi connectivity index (χ3n) is 2.24. The molecule has 0 aliphatic carbocycles. The number of ether oxygens (including phenoxy) is 1. The number of rotatable bonds is 4. The van der Waals surface area contributed by atoms with E-state index < -0.39 is 0 Å². The highest BCUT2D eigenvalue weighted by molar-refractivity contribution is 8.00. The van der Waals surface area contributed by atoms with Crippen LogP contribution in [0.4, 0.5) is 0 Å². The molecule has 0 N–H and O–H groups in total. The van der Waals surface area contributed by atoms with Crippen LogP contribution < -0.4 is 0 Å². The molecule has 3 heteroatoms. The van der Waals surface area contributed by atoms with Crippen molar-refractivity contribution in [1.82, 2.24) is 4.90 Å². The maximum absolute atomic E-state index is 5.27. The van der Waals surface area contributed by atoms with Crippen LogP contribution in [0.1, 0.15) is 13.8 Å². The Morgan fingerprint density at radius 1 is 1.57 bits per heavy atom. The largest absolute Gasteiger partial charge is 0.367 e. The SMILES string of the molecule is C#CCOCCN1CCSC(C)(C)C1. The number of nitrogens with zero attached hydrogens (tertiary/aromatic N) is 1. The minimum Gasteiger partial charge on any atom is -0.367 e. The van der Waals surface area contributed by atoms with Gasteiger partial charge in [-0.15, -0.1) is 6.42 Å². The summed E-state index contributed by atoms with van der Waals surface area (Å²) in [6.45, 7) is 9.12. The molecule has 1 rings (SSSR count). The van der Waals surface area contributed by atoms with Crippen molar-refractivity contribution in [2.24, 2.45) is 0 Å². The first-order valence-corrected chi connectivity index (χ1v) is 6.00. The summed E-state index contributed by atoms with van der Waals surface area (Å²) < 4.78 is 5.66. The van der Waals surface area contributed by atoms with E-state index in [2.05, 4.69) is 36.4 Å². The predicted octanol–water partition coefficient (Wildman–Crippen LogP) is 1.46. The average Bonchev–Trinajstić information content (AvgIpc) is 2.11. The van der Waals surface area contributed by atoms with Gasteiger partial charge in [0, 0.05) is 30.1 Å². The van der Waals surface area contributed by atoms with Gasteiger partial charge in [0.15, 0.2) is 0 Å². The number of hydrogen-bond acceptors (Lipinski definition) is 3. The van der Waals surface area contributed by atoms with Crippen LogP contribution in [0.5, 0.6) is 0 Å². The van der Waals surface area contributed by atoms with Crippen molar-refractivity contribution in [3.8, 4) is 12.3 Å². The molecule has 0 spiro atoms. The van der Waals surface area contributed by atoms with Crippen molar-refractivity contribution in [1.29, 1.82) is 0 Å². The van der Waals surface area contributed by atoms with E-state index >= 15 is 0 Å². The Morgan fingerprint density at radius 3 is 3.00 bits per heavy atom. The Morgan fingerprint density at radius 2 is 2.36 bits per heavy atom. The van der Waals surface area contributed by atoms with Crippen LogP contribution >= 0.6 is 11.8 Å². The maximum Gasteiger partial charge on any atom is 0.107 e. The molecule has 1 heterocycles. The second-order valence-electron chi connectivity index (χ2n) is 4.14. The highest BCUT2D eigenvalue weighted by Gasteiger charge is 2.26. The number of hydrogen-bond donors (Lipinski definition) is 0. The van der Waals surface area contributed by atoms with Crippen molar-refractivity contribution in [2.75, 3.05) is 38.6 Å². The van der Waals surface area contributed by atoms with E-state index in [1.165, 1.54) is 12.3 Å². The fourth-order valence-corrected chi connectivity index (χ4v) is 2.81. The van der Waals surface area contributed by atoms with Crippen LogP contribution in [0.25, 0.3) is 0 Å². The molecule has 0 amide bonds. The van der Waals surface area contributed by atoms with Gasteiger partial charge in [-0.2, -0.15) is 11.8 Å². The summed E-state index contributed by atoms with van der Waals surface area (Å²) in [6, 6.07) is 0. The topological polar surface area (TPSA) is 12.5 Å². The second kappa shape index (κ2) is 5.65. The molecule has 1 fully saturated rings. The predicted molar refractivity (Wildman–Crippen MR) is 62.6 cm³/mol. The van der Waals surface area contributed by atoms with Crippen LogP contribution in [-0.4, -0.2) is 48.2 Å². The van der Waals surface area contributed by atoms with E-state index in [1.807, 2.05) is 0 Å². The molecule has 0 bridgehead atoms. The Kier molecular flexibility index (Phi) is 4.80. The smallest absolute Gasteiger partial charge is 0.107 e. The van der Waals surface area contributed by atoms with Crippen molar-refractivity contribution in [3.05, 3.63) is 0 Å². The molecule has 1 aliphatic rings. The van der Waals surface area contributed by atoms with Crippen LogP contribution in [-0.2, 0) is 4.74 Å². The molecule has 0 radical (unpaired) electrons. The van der Waals surface area contributed by atoms with Crippen molar-refractivity contribution < 1.29 is 4.74 Å². The molecule has 1 aliphatic heterocycles. The molecule has 2 nitrogen and oxygen atoms in total. The summed E-state index contributed by atoms with van der Waals surface area (Å²) in [6.07, 6.45) is 5.10. The van der Waals surface area contributed by atoms with Gasteiger partial charge < -0.3 is 4.74 Å². The van der Waals surface area contributed by atoms with Crippen LogP contribution in [0, 0.1) is 12.3 Å². The Hall–Kier alpha value is -0.170. The van der Waals surface area contributed by atoms with E-state index in [0.717, 1.165) is 19.7 Å². The summed E-state index contributed by atoms with van der Waals surface area (Å²) in [5, 5.41) is 0. The van der Waals surface area contributed by atoms with Gasteiger partial charge in [0.2, 0.25) is 0 Å². The lowest BCUT2D eigenvalue weighted by atomic mass is 10.2. The Bertz CT molecular complexity index is 210. The molecule has 0 aromatic rings. The summed E-state index contributed by atoms with van der Waals surface area (Å²) in [5.41, 5.74) is 0. The molecule has 0 aromatic carbocycles. The Balaban J connectivity index is 2.15. The molecule has 0 aromatic heterocycles. The van der Waals surface area contributed by atoms with Crippen LogP contribution in [0.3, 0.4) is 0 Å². The van der Waals surface area contributed by atoms with E-state index in [9.17, 15) is 0 Å². The quantitative estimate of drug-likeness (QED) is 0.518. The zero-order valence-electron chi connectivity index (χ0n) is 9.08. The highest BCUT2D eigenvalue weighted by Crippen LogP contribution is 2.29.